The number of nitrogens with zero attached hydrogens (tertiary/aromatic N) is 1. The van der Waals surface area contributed by atoms with E-state index in [2.05, 4.69) is 22.8 Å². The third kappa shape index (κ3) is 9.02. The van der Waals surface area contributed by atoms with Gasteiger partial charge in [-0.25, -0.2) is 14.4 Å². The Morgan fingerprint density at radius 1 is 0.800 bits per heavy atom. The van der Waals surface area contributed by atoms with E-state index < -0.39 is 41.4 Å². The van der Waals surface area contributed by atoms with Crippen LogP contribution >= 0.6 is 0 Å². The number of amides is 3. The summed E-state index contributed by atoms with van der Waals surface area (Å²) in [5.41, 5.74) is 3.75. The van der Waals surface area contributed by atoms with Crippen LogP contribution in [0.4, 0.5) is 9.59 Å². The van der Waals surface area contributed by atoms with Gasteiger partial charge in [-0.1, -0.05) is 78.9 Å². The highest BCUT2D eigenvalue weighted by molar-refractivity contribution is 5.90. The minimum absolute atomic E-state index is 0.105. The van der Waals surface area contributed by atoms with Crippen LogP contribution in [0.1, 0.15) is 89.3 Å². The Bertz CT molecular complexity index is 1620. The van der Waals surface area contributed by atoms with E-state index in [0.717, 1.165) is 27.8 Å². The number of carbonyl (C=O) groups excluding carboxylic acids is 4. The second kappa shape index (κ2) is 15.8. The van der Waals surface area contributed by atoms with Gasteiger partial charge in [0, 0.05) is 19.0 Å². The van der Waals surface area contributed by atoms with Gasteiger partial charge in [0.2, 0.25) is 5.91 Å². The van der Waals surface area contributed by atoms with Crippen LogP contribution in [-0.2, 0) is 29.4 Å². The van der Waals surface area contributed by atoms with Gasteiger partial charge in [0.05, 0.1) is 0 Å². The van der Waals surface area contributed by atoms with Gasteiger partial charge >= 0.3 is 18.2 Å². The Balaban J connectivity index is 1.24. The molecule has 1 aliphatic heterocycles. The van der Waals surface area contributed by atoms with Gasteiger partial charge < -0.3 is 29.7 Å². The summed E-state index contributed by atoms with van der Waals surface area (Å²) in [5.74, 6) is -0.978. The quantitative estimate of drug-likeness (QED) is 0.119. The van der Waals surface area contributed by atoms with Gasteiger partial charge in [-0.3, -0.25) is 4.79 Å². The average Bonchev–Trinajstić information content (AvgIpc) is 3.69. The van der Waals surface area contributed by atoms with Crippen LogP contribution in [-0.4, -0.2) is 66.3 Å². The molecule has 1 fully saturated rings. The number of rotatable bonds is 12. The molecule has 0 saturated carbocycles. The molecule has 2 aliphatic rings. The highest BCUT2D eigenvalue weighted by Crippen LogP contribution is 2.44. The molecule has 10 nitrogen and oxygen atoms in total. The SMILES string of the molecule is CC(C)(C)OC(=O)NCCCC[C@H](NC(=O)OCC1c2ccccc2-c2ccccc21)C(=O)N1CCC[C@H]1C(=O)OC(C)(C)c1ccccc1. The van der Waals surface area contributed by atoms with Crippen LogP contribution in [0.2, 0.25) is 0 Å². The number of unbranched alkanes of at least 4 members (excludes halogenated alkanes) is 1. The fraction of sp³-hybridized carbons (Fsp3) is 0.450. The molecule has 2 atom stereocenters. The van der Waals surface area contributed by atoms with Crippen molar-refractivity contribution in [2.24, 2.45) is 0 Å². The summed E-state index contributed by atoms with van der Waals surface area (Å²) in [6.07, 6.45) is 1.22. The fourth-order valence-electron chi connectivity index (χ4n) is 6.71. The van der Waals surface area contributed by atoms with Crippen LogP contribution in [0.15, 0.2) is 78.9 Å². The van der Waals surface area contributed by atoms with Crippen molar-refractivity contribution in [1.82, 2.24) is 15.5 Å². The molecule has 266 valence electrons. The van der Waals surface area contributed by atoms with Crippen molar-refractivity contribution in [1.29, 1.82) is 0 Å². The highest BCUT2D eigenvalue weighted by Gasteiger charge is 2.41. The molecule has 2 N–H and O–H groups in total. The smallest absolute Gasteiger partial charge is 0.407 e. The number of esters is 1. The Kier molecular flexibility index (Phi) is 11.5. The summed E-state index contributed by atoms with van der Waals surface area (Å²) in [6, 6.07) is 23.9. The summed E-state index contributed by atoms with van der Waals surface area (Å²) >= 11 is 0. The first-order chi connectivity index (χ1) is 23.8. The number of nitrogens with one attached hydrogen (secondary N) is 2. The molecule has 3 aromatic rings. The normalized spacial score (nSPS) is 16.2. The van der Waals surface area contributed by atoms with Crippen LogP contribution in [0.3, 0.4) is 0 Å². The lowest BCUT2D eigenvalue weighted by Crippen LogP contribution is -2.52. The van der Waals surface area contributed by atoms with Crippen molar-refractivity contribution in [3.8, 4) is 11.1 Å². The van der Waals surface area contributed by atoms with Crippen molar-refractivity contribution in [2.45, 2.75) is 95.9 Å². The molecule has 3 aromatic carbocycles. The fourth-order valence-corrected chi connectivity index (χ4v) is 6.71. The topological polar surface area (TPSA) is 123 Å². The molecule has 1 heterocycles. The zero-order valence-electron chi connectivity index (χ0n) is 29.7. The van der Waals surface area contributed by atoms with Crippen molar-refractivity contribution >= 4 is 24.1 Å². The second-order valence-electron chi connectivity index (χ2n) is 14.4. The molecule has 0 bridgehead atoms. The van der Waals surface area contributed by atoms with Gasteiger partial charge in [-0.05, 0) is 94.5 Å². The number of likely N-dealkylation sites (tertiary alicyclic amines) is 1. The Labute approximate surface area is 294 Å². The number of carbonyl (C=O) groups is 4. The lowest BCUT2D eigenvalue weighted by molar-refractivity contribution is -0.166. The maximum Gasteiger partial charge on any atom is 0.407 e. The van der Waals surface area contributed by atoms with Crippen molar-refractivity contribution < 1.29 is 33.4 Å². The lowest BCUT2D eigenvalue weighted by Gasteiger charge is -2.32. The maximum atomic E-state index is 14.1. The summed E-state index contributed by atoms with van der Waals surface area (Å²) in [7, 11) is 0. The first kappa shape index (κ1) is 36.4. The lowest BCUT2D eigenvalue weighted by atomic mass is 9.98. The van der Waals surface area contributed by atoms with Crippen molar-refractivity contribution in [3.05, 3.63) is 95.6 Å². The predicted octanol–water partition coefficient (Wildman–Crippen LogP) is 7.06. The zero-order valence-corrected chi connectivity index (χ0v) is 29.7. The summed E-state index contributed by atoms with van der Waals surface area (Å²) in [6.45, 7) is 9.85. The van der Waals surface area contributed by atoms with Gasteiger partial charge in [0.15, 0.2) is 0 Å². The number of alkyl carbamates (subject to hydrolysis) is 2. The van der Waals surface area contributed by atoms with Gasteiger partial charge in [-0.2, -0.15) is 0 Å². The van der Waals surface area contributed by atoms with Crippen molar-refractivity contribution in [3.63, 3.8) is 0 Å². The standard InChI is InChI=1S/C40H49N3O7/c1-39(2,3)50-37(46)41-24-14-13-22-33(35(44)43-25-15-23-34(43)36(45)49-40(4,5)27-16-7-6-8-17-27)42-38(47)48-26-32-30-20-11-9-18-28(30)29-19-10-12-21-31(29)32/h6-12,16-21,32-34H,13-15,22-26H2,1-5H3,(H,41,46)(H,42,47)/t33-,34-/m0/s1. The molecular formula is C40H49N3O7. The molecule has 10 heteroatoms. The van der Waals surface area contributed by atoms with E-state index in [-0.39, 0.29) is 24.9 Å². The van der Waals surface area contributed by atoms with E-state index in [1.807, 2.05) is 80.6 Å². The minimum atomic E-state index is -0.942. The molecule has 0 aromatic heterocycles. The largest absolute Gasteiger partial charge is 0.453 e. The number of hydrogen-bond donors (Lipinski definition) is 2. The van der Waals surface area contributed by atoms with E-state index in [4.69, 9.17) is 14.2 Å². The Hall–Kier alpha value is -4.86. The summed E-state index contributed by atoms with van der Waals surface area (Å²) in [5, 5.41) is 5.55. The number of fused-ring (bicyclic) bond motifs is 3. The molecule has 50 heavy (non-hydrogen) atoms. The second-order valence-corrected chi connectivity index (χ2v) is 14.4. The summed E-state index contributed by atoms with van der Waals surface area (Å²) < 4.78 is 17.1. The minimum Gasteiger partial charge on any atom is -0.453 e. The number of benzene rings is 3. The Morgan fingerprint density at radius 2 is 1.42 bits per heavy atom. The monoisotopic (exact) mass is 683 g/mol. The number of hydrogen-bond acceptors (Lipinski definition) is 7. The van der Waals surface area contributed by atoms with Crippen LogP contribution in [0, 0.1) is 0 Å². The van der Waals surface area contributed by atoms with E-state index in [1.165, 1.54) is 4.90 Å². The van der Waals surface area contributed by atoms with E-state index in [0.29, 0.717) is 38.8 Å². The summed E-state index contributed by atoms with van der Waals surface area (Å²) in [4.78, 5) is 54.6. The molecular weight excluding hydrogens is 634 g/mol. The van der Waals surface area contributed by atoms with E-state index in [1.54, 1.807) is 20.8 Å². The highest BCUT2D eigenvalue weighted by atomic mass is 16.6. The van der Waals surface area contributed by atoms with E-state index in [9.17, 15) is 19.2 Å². The molecule has 3 amide bonds. The maximum absolute atomic E-state index is 14.1. The van der Waals surface area contributed by atoms with Crippen molar-refractivity contribution in [2.75, 3.05) is 19.7 Å². The molecule has 0 spiro atoms. The first-order valence-electron chi connectivity index (χ1n) is 17.5. The Morgan fingerprint density at radius 3 is 2.06 bits per heavy atom. The molecule has 1 aliphatic carbocycles. The van der Waals surface area contributed by atoms with Gasteiger partial charge in [0.25, 0.3) is 0 Å². The van der Waals surface area contributed by atoms with Gasteiger partial charge in [-0.15, -0.1) is 0 Å². The third-order valence-corrected chi connectivity index (χ3v) is 9.15. The van der Waals surface area contributed by atoms with Crippen LogP contribution in [0.5, 0.6) is 0 Å². The first-order valence-corrected chi connectivity index (χ1v) is 17.5. The molecule has 1 saturated heterocycles. The van der Waals surface area contributed by atoms with Gasteiger partial charge in [0.1, 0.15) is 29.9 Å². The molecule has 5 rings (SSSR count). The zero-order chi connectivity index (χ0) is 35.9. The number of ether oxygens (including phenoxy) is 3. The third-order valence-electron chi connectivity index (χ3n) is 9.15. The van der Waals surface area contributed by atoms with E-state index >= 15 is 0 Å². The predicted molar refractivity (Wildman–Crippen MR) is 190 cm³/mol. The average molecular weight is 684 g/mol. The molecule has 0 radical (unpaired) electrons. The van der Waals surface area contributed by atoms with Crippen LogP contribution < -0.4 is 10.6 Å². The van der Waals surface area contributed by atoms with Crippen LogP contribution in [0.25, 0.3) is 11.1 Å². The molecule has 0 unspecified atom stereocenters.